The highest BCUT2D eigenvalue weighted by Gasteiger charge is 2.17. The van der Waals surface area contributed by atoms with Crippen LogP contribution in [-0.4, -0.2) is 19.5 Å². The van der Waals surface area contributed by atoms with Gasteiger partial charge in [-0.3, -0.25) is 4.57 Å². The normalized spacial score (nSPS) is 11.3. The van der Waals surface area contributed by atoms with E-state index in [2.05, 4.69) is 42.5 Å². The van der Waals surface area contributed by atoms with E-state index in [0.717, 1.165) is 42.7 Å². The Morgan fingerprint density at radius 1 is 0.667 bits per heavy atom. The van der Waals surface area contributed by atoms with Gasteiger partial charge in [0.15, 0.2) is 11.3 Å². The van der Waals surface area contributed by atoms with Crippen LogP contribution in [0.15, 0.2) is 81.7 Å². The maximum absolute atomic E-state index is 4.86. The van der Waals surface area contributed by atoms with E-state index in [1.54, 1.807) is 0 Å². The summed E-state index contributed by atoms with van der Waals surface area (Å²) in [6.07, 6.45) is 0. The van der Waals surface area contributed by atoms with Gasteiger partial charge in [-0.2, -0.15) is 0 Å². The molecule has 2 heterocycles. The third-order valence-corrected chi connectivity index (χ3v) is 5.36. The highest BCUT2D eigenvalue weighted by atomic mass is 79.9. The van der Waals surface area contributed by atoms with Gasteiger partial charge in [0.1, 0.15) is 5.82 Å². The van der Waals surface area contributed by atoms with E-state index in [0.29, 0.717) is 5.65 Å². The van der Waals surface area contributed by atoms with E-state index in [1.807, 2.05) is 66.7 Å². The fourth-order valence-corrected chi connectivity index (χ4v) is 3.76. The van der Waals surface area contributed by atoms with Gasteiger partial charge in [0.25, 0.3) is 0 Å². The zero-order chi connectivity index (χ0) is 18.4. The fraction of sp³-hybridized carbons (Fsp3) is 0. The van der Waals surface area contributed by atoms with Crippen LogP contribution >= 0.6 is 31.9 Å². The molecule has 0 aliphatic carbocycles. The first kappa shape index (κ1) is 16.6. The van der Waals surface area contributed by atoms with Crippen molar-refractivity contribution in [2.45, 2.75) is 0 Å². The lowest BCUT2D eigenvalue weighted by atomic mass is 10.2. The Hall–Kier alpha value is -2.57. The van der Waals surface area contributed by atoms with Gasteiger partial charge in [0.2, 0.25) is 0 Å². The second kappa shape index (κ2) is 6.55. The molecule has 0 N–H and O–H groups in total. The lowest BCUT2D eigenvalue weighted by molar-refractivity contribution is 1.08. The van der Waals surface area contributed by atoms with Crippen molar-refractivity contribution in [2.24, 2.45) is 0 Å². The number of hydrogen-bond donors (Lipinski definition) is 0. The van der Waals surface area contributed by atoms with E-state index in [4.69, 9.17) is 15.0 Å². The molecular weight excluding hydrogens is 468 g/mol. The number of para-hydroxylation sites is 2. The molecule has 0 amide bonds. The molecule has 2 aromatic heterocycles. The Kier molecular flexibility index (Phi) is 4.02. The van der Waals surface area contributed by atoms with Gasteiger partial charge in [-0.25, -0.2) is 15.0 Å². The topological polar surface area (TPSA) is 43.6 Å². The number of halogens is 2. The molecule has 5 rings (SSSR count). The van der Waals surface area contributed by atoms with Gasteiger partial charge in [-0.15, -0.1) is 0 Å². The molecule has 0 aliphatic rings. The van der Waals surface area contributed by atoms with Crippen LogP contribution in [-0.2, 0) is 0 Å². The van der Waals surface area contributed by atoms with Crippen molar-refractivity contribution in [2.75, 3.05) is 0 Å². The van der Waals surface area contributed by atoms with Crippen LogP contribution in [0.5, 0.6) is 0 Å². The van der Waals surface area contributed by atoms with Crippen LogP contribution in [0.2, 0.25) is 0 Å². The van der Waals surface area contributed by atoms with Gasteiger partial charge in [0.05, 0.1) is 16.7 Å². The van der Waals surface area contributed by atoms with Crippen LogP contribution in [0, 0.1) is 0 Å². The van der Waals surface area contributed by atoms with Crippen LogP contribution in [0.4, 0.5) is 0 Å². The molecule has 4 nitrogen and oxygen atoms in total. The van der Waals surface area contributed by atoms with Gasteiger partial charge in [-0.1, -0.05) is 62.2 Å². The average Bonchev–Trinajstić information content (AvgIpc) is 3.05. The first-order chi connectivity index (χ1) is 13.2. The maximum atomic E-state index is 4.86. The van der Waals surface area contributed by atoms with Crippen molar-refractivity contribution in [1.82, 2.24) is 19.5 Å². The number of fused-ring (bicyclic) bond motifs is 2. The van der Waals surface area contributed by atoms with E-state index in [-0.39, 0.29) is 0 Å². The summed E-state index contributed by atoms with van der Waals surface area (Å²) >= 11 is 7.06. The summed E-state index contributed by atoms with van der Waals surface area (Å²) in [7, 11) is 0. The Balaban J connectivity index is 1.88. The van der Waals surface area contributed by atoms with Crippen LogP contribution in [0.1, 0.15) is 0 Å². The van der Waals surface area contributed by atoms with Crippen molar-refractivity contribution < 1.29 is 0 Å². The summed E-state index contributed by atoms with van der Waals surface area (Å²) in [6, 6.07) is 24.1. The van der Waals surface area contributed by atoms with Crippen molar-refractivity contribution in [1.29, 1.82) is 0 Å². The maximum Gasteiger partial charge on any atom is 0.199 e. The summed E-state index contributed by atoms with van der Waals surface area (Å²) in [4.78, 5) is 14.4. The smallest absolute Gasteiger partial charge is 0.199 e. The monoisotopic (exact) mass is 478 g/mol. The highest BCUT2D eigenvalue weighted by Crippen LogP contribution is 2.30. The molecule has 3 aromatic carbocycles. The average molecular weight is 480 g/mol. The molecule has 5 aromatic rings. The molecule has 0 unspecified atom stereocenters. The first-order valence-corrected chi connectivity index (χ1v) is 9.95. The van der Waals surface area contributed by atoms with Crippen LogP contribution < -0.4 is 0 Å². The second-order valence-corrected chi connectivity index (χ2v) is 7.95. The minimum Gasteiger partial charge on any atom is -0.275 e. The number of hydrogen-bond acceptors (Lipinski definition) is 3. The third-order valence-electron chi connectivity index (χ3n) is 4.34. The predicted octanol–water partition coefficient (Wildman–Crippen LogP) is 6.16. The SMILES string of the molecule is Brc1ccc(-c2nc3nc4ccccc4nc3n2-c2cccc(Br)c2)cc1. The molecule has 0 saturated heterocycles. The first-order valence-electron chi connectivity index (χ1n) is 8.36. The quantitative estimate of drug-likeness (QED) is 0.304. The number of benzene rings is 3. The molecular formula is C21H12Br2N4. The van der Waals surface area contributed by atoms with Crippen molar-refractivity contribution in [3.63, 3.8) is 0 Å². The highest BCUT2D eigenvalue weighted by molar-refractivity contribution is 9.10. The number of nitrogens with zero attached hydrogens (tertiary/aromatic N) is 4. The summed E-state index contributed by atoms with van der Waals surface area (Å²) < 4.78 is 4.08. The van der Waals surface area contributed by atoms with Crippen molar-refractivity contribution >= 4 is 54.2 Å². The summed E-state index contributed by atoms with van der Waals surface area (Å²) in [5.74, 6) is 0.811. The largest absolute Gasteiger partial charge is 0.275 e. The van der Waals surface area contributed by atoms with E-state index in [9.17, 15) is 0 Å². The van der Waals surface area contributed by atoms with Gasteiger partial charge >= 0.3 is 0 Å². The molecule has 0 atom stereocenters. The van der Waals surface area contributed by atoms with Gasteiger partial charge in [-0.05, 0) is 42.5 Å². The Labute approximate surface area is 172 Å². The molecule has 0 saturated carbocycles. The fourth-order valence-electron chi connectivity index (χ4n) is 3.11. The van der Waals surface area contributed by atoms with E-state index in [1.165, 1.54) is 0 Å². The minimum atomic E-state index is 0.631. The molecule has 6 heteroatoms. The van der Waals surface area contributed by atoms with Gasteiger partial charge < -0.3 is 0 Å². The van der Waals surface area contributed by atoms with Crippen LogP contribution in [0.3, 0.4) is 0 Å². The molecule has 27 heavy (non-hydrogen) atoms. The lowest BCUT2D eigenvalue weighted by Gasteiger charge is -2.09. The number of rotatable bonds is 2. The lowest BCUT2D eigenvalue weighted by Crippen LogP contribution is -1.99. The van der Waals surface area contributed by atoms with Crippen molar-refractivity contribution in [3.05, 3.63) is 81.7 Å². The summed E-state index contributed by atoms with van der Waals surface area (Å²) in [5, 5.41) is 0. The predicted molar refractivity (Wildman–Crippen MR) is 115 cm³/mol. The number of aromatic nitrogens is 4. The number of imidazole rings is 1. The minimum absolute atomic E-state index is 0.631. The zero-order valence-electron chi connectivity index (χ0n) is 14.0. The Morgan fingerprint density at radius 2 is 1.41 bits per heavy atom. The molecule has 0 aliphatic heterocycles. The molecule has 0 spiro atoms. The second-order valence-electron chi connectivity index (χ2n) is 6.12. The standard InChI is InChI=1S/C21H12Br2N4/c22-14-10-8-13(9-11-14)20-26-19-21(25-18-7-2-1-6-17(18)24-19)27(20)16-5-3-4-15(23)12-16/h1-12H. The van der Waals surface area contributed by atoms with Gasteiger partial charge in [0, 0.05) is 14.5 Å². The molecule has 130 valence electrons. The van der Waals surface area contributed by atoms with E-state index < -0.39 is 0 Å². The third kappa shape index (κ3) is 2.95. The zero-order valence-corrected chi connectivity index (χ0v) is 17.1. The van der Waals surface area contributed by atoms with Crippen molar-refractivity contribution in [3.8, 4) is 17.1 Å². The summed E-state index contributed by atoms with van der Waals surface area (Å²) in [6.45, 7) is 0. The Morgan fingerprint density at radius 3 is 2.15 bits per heavy atom. The Bertz CT molecular complexity index is 1290. The molecule has 0 fully saturated rings. The summed E-state index contributed by atoms with van der Waals surface area (Å²) in [5.41, 5.74) is 5.04. The molecule has 0 radical (unpaired) electrons. The molecule has 0 bridgehead atoms. The van der Waals surface area contributed by atoms with E-state index >= 15 is 0 Å². The van der Waals surface area contributed by atoms with Crippen LogP contribution in [0.25, 0.3) is 39.4 Å².